The Morgan fingerprint density at radius 3 is 2.50 bits per heavy atom. The average Bonchev–Trinajstić information content (AvgIpc) is 2.82. The molecular weight excluding hydrogens is 404 g/mol. The van der Waals surface area contributed by atoms with Gasteiger partial charge in [0.2, 0.25) is 5.91 Å². The van der Waals surface area contributed by atoms with Gasteiger partial charge in [-0.3, -0.25) is 9.79 Å². The maximum absolute atomic E-state index is 12.6. The minimum Gasteiger partial charge on any atom is -0.493 e. The van der Waals surface area contributed by atoms with Crippen molar-refractivity contribution in [3.63, 3.8) is 0 Å². The van der Waals surface area contributed by atoms with E-state index in [2.05, 4.69) is 41.6 Å². The van der Waals surface area contributed by atoms with E-state index in [4.69, 9.17) is 9.47 Å². The van der Waals surface area contributed by atoms with Crippen molar-refractivity contribution in [2.24, 2.45) is 10.9 Å². The normalized spacial score (nSPS) is 15.1. The number of aryl methyl sites for hydroxylation is 1. The topological polar surface area (TPSA) is 75.2 Å². The third kappa shape index (κ3) is 7.61. The minimum absolute atomic E-state index is 0.171. The Labute approximate surface area is 194 Å². The maximum atomic E-state index is 12.6. The molecule has 7 nitrogen and oxygen atoms in total. The van der Waals surface area contributed by atoms with Crippen LogP contribution in [-0.2, 0) is 11.2 Å². The lowest BCUT2D eigenvalue weighted by Crippen LogP contribution is -2.50. The van der Waals surface area contributed by atoms with Crippen LogP contribution in [0.2, 0.25) is 0 Å². The molecule has 1 saturated heterocycles. The van der Waals surface area contributed by atoms with Crippen LogP contribution < -0.4 is 20.1 Å². The summed E-state index contributed by atoms with van der Waals surface area (Å²) in [4.78, 5) is 19.0. The molecule has 0 spiro atoms. The number of ether oxygens (including phenoxy) is 2. The van der Waals surface area contributed by atoms with Crippen LogP contribution in [0.4, 0.5) is 0 Å². The molecule has 0 aromatic heterocycles. The molecule has 0 aliphatic carbocycles. The van der Waals surface area contributed by atoms with Crippen LogP contribution in [0.1, 0.15) is 58.4 Å². The number of nitrogens with zero attached hydrogens (tertiary/aromatic N) is 2. The molecule has 0 radical (unpaired) electrons. The molecule has 1 amide bonds. The number of hydrogen-bond donors (Lipinski definition) is 2. The van der Waals surface area contributed by atoms with E-state index in [1.54, 1.807) is 14.2 Å². The molecule has 1 fully saturated rings. The van der Waals surface area contributed by atoms with E-state index < -0.39 is 0 Å². The van der Waals surface area contributed by atoms with Crippen LogP contribution >= 0.6 is 0 Å². The summed E-state index contributed by atoms with van der Waals surface area (Å²) < 4.78 is 11.0. The first kappa shape index (κ1) is 25.8. The Kier molecular flexibility index (Phi) is 11.2. The van der Waals surface area contributed by atoms with Crippen molar-refractivity contribution in [3.05, 3.63) is 23.8 Å². The zero-order valence-corrected chi connectivity index (χ0v) is 20.6. The summed E-state index contributed by atoms with van der Waals surface area (Å²) in [6, 6.07) is 6.47. The summed E-state index contributed by atoms with van der Waals surface area (Å²) >= 11 is 0. The molecule has 1 aromatic carbocycles. The SMILES string of the molecule is CCOc1cc(CCCNC(=NC)NC2CCN(C(=O)C(CC)CC)CC2)ccc1OC. The lowest BCUT2D eigenvalue weighted by atomic mass is 9.98. The second kappa shape index (κ2) is 13.9. The molecule has 1 aliphatic heterocycles. The quantitative estimate of drug-likeness (QED) is 0.309. The van der Waals surface area contributed by atoms with E-state index in [9.17, 15) is 4.79 Å². The Morgan fingerprint density at radius 1 is 1.19 bits per heavy atom. The summed E-state index contributed by atoms with van der Waals surface area (Å²) in [5, 5.41) is 6.95. The number of piperidine rings is 1. The highest BCUT2D eigenvalue weighted by molar-refractivity contribution is 5.80. The molecule has 2 N–H and O–H groups in total. The summed E-state index contributed by atoms with van der Waals surface area (Å²) in [5.41, 5.74) is 1.23. The van der Waals surface area contributed by atoms with Gasteiger partial charge in [-0.1, -0.05) is 19.9 Å². The first-order chi connectivity index (χ1) is 15.6. The van der Waals surface area contributed by atoms with Crippen molar-refractivity contribution in [1.82, 2.24) is 15.5 Å². The third-order valence-corrected chi connectivity index (χ3v) is 6.17. The number of guanidine groups is 1. The molecule has 2 rings (SSSR count). The lowest BCUT2D eigenvalue weighted by Gasteiger charge is -2.34. The van der Waals surface area contributed by atoms with Gasteiger partial charge in [-0.15, -0.1) is 0 Å². The molecule has 1 aromatic rings. The number of aliphatic imine (C=N–C) groups is 1. The van der Waals surface area contributed by atoms with E-state index in [0.717, 1.165) is 75.6 Å². The van der Waals surface area contributed by atoms with Crippen molar-refractivity contribution in [3.8, 4) is 11.5 Å². The number of methoxy groups -OCH3 is 1. The van der Waals surface area contributed by atoms with Crippen molar-refractivity contribution in [1.29, 1.82) is 0 Å². The maximum Gasteiger partial charge on any atom is 0.225 e. The fraction of sp³-hybridized carbons (Fsp3) is 0.680. The average molecular weight is 447 g/mol. The van der Waals surface area contributed by atoms with Crippen molar-refractivity contribution < 1.29 is 14.3 Å². The second-order valence-electron chi connectivity index (χ2n) is 8.28. The van der Waals surface area contributed by atoms with Gasteiger partial charge in [0.05, 0.1) is 13.7 Å². The highest BCUT2D eigenvalue weighted by atomic mass is 16.5. The van der Waals surface area contributed by atoms with Crippen LogP contribution in [0.3, 0.4) is 0 Å². The summed E-state index contributed by atoms with van der Waals surface area (Å²) in [6.45, 7) is 9.28. The van der Waals surface area contributed by atoms with Gasteiger partial charge >= 0.3 is 0 Å². The number of rotatable bonds is 11. The summed E-state index contributed by atoms with van der Waals surface area (Å²) in [5.74, 6) is 2.89. The predicted molar refractivity (Wildman–Crippen MR) is 131 cm³/mol. The number of hydrogen-bond acceptors (Lipinski definition) is 4. The molecule has 7 heteroatoms. The number of likely N-dealkylation sites (tertiary alicyclic amines) is 1. The molecule has 1 heterocycles. The first-order valence-corrected chi connectivity index (χ1v) is 12.1. The number of carbonyl (C=O) groups is 1. The fourth-order valence-electron chi connectivity index (χ4n) is 4.17. The number of nitrogens with one attached hydrogen (secondary N) is 2. The Bertz CT molecular complexity index is 726. The van der Waals surface area contributed by atoms with Gasteiger partial charge in [-0.2, -0.15) is 0 Å². The van der Waals surface area contributed by atoms with E-state index in [1.165, 1.54) is 5.56 Å². The van der Waals surface area contributed by atoms with E-state index in [1.807, 2.05) is 17.9 Å². The summed E-state index contributed by atoms with van der Waals surface area (Å²) in [7, 11) is 3.47. The van der Waals surface area contributed by atoms with Crippen LogP contribution in [0.15, 0.2) is 23.2 Å². The van der Waals surface area contributed by atoms with Crippen molar-refractivity contribution in [2.75, 3.05) is 40.4 Å². The number of amides is 1. The van der Waals surface area contributed by atoms with E-state index >= 15 is 0 Å². The molecule has 1 aliphatic rings. The zero-order chi connectivity index (χ0) is 23.3. The van der Waals surface area contributed by atoms with Crippen LogP contribution in [0.25, 0.3) is 0 Å². The second-order valence-corrected chi connectivity index (χ2v) is 8.28. The van der Waals surface area contributed by atoms with E-state index in [-0.39, 0.29) is 5.92 Å². The number of carbonyl (C=O) groups excluding carboxylic acids is 1. The Balaban J connectivity index is 1.73. The molecule has 0 saturated carbocycles. The fourth-order valence-corrected chi connectivity index (χ4v) is 4.17. The summed E-state index contributed by atoms with van der Waals surface area (Å²) in [6.07, 6.45) is 5.70. The largest absolute Gasteiger partial charge is 0.493 e. The molecule has 0 unspecified atom stereocenters. The lowest BCUT2D eigenvalue weighted by molar-refractivity contribution is -0.136. The van der Waals surface area contributed by atoms with Gasteiger partial charge < -0.3 is 25.0 Å². The van der Waals surface area contributed by atoms with Crippen molar-refractivity contribution >= 4 is 11.9 Å². The van der Waals surface area contributed by atoms with Gasteiger partial charge in [0, 0.05) is 38.6 Å². The van der Waals surface area contributed by atoms with Crippen LogP contribution in [-0.4, -0.2) is 63.2 Å². The van der Waals surface area contributed by atoms with Crippen molar-refractivity contribution in [2.45, 2.75) is 65.3 Å². The Hall–Kier alpha value is -2.44. The highest BCUT2D eigenvalue weighted by Crippen LogP contribution is 2.28. The third-order valence-electron chi connectivity index (χ3n) is 6.17. The van der Waals surface area contributed by atoms with Gasteiger partial charge in [-0.05, 0) is 63.1 Å². The van der Waals surface area contributed by atoms with E-state index in [0.29, 0.717) is 18.6 Å². The van der Waals surface area contributed by atoms with Crippen LogP contribution in [0.5, 0.6) is 11.5 Å². The molecule has 180 valence electrons. The molecular formula is C25H42N4O3. The smallest absolute Gasteiger partial charge is 0.225 e. The highest BCUT2D eigenvalue weighted by Gasteiger charge is 2.26. The standard InChI is InChI=1S/C25H42N4O3/c1-6-20(7-2)24(30)29-16-13-21(14-17-29)28-25(26-4)27-15-9-10-19-11-12-22(31-5)23(18-19)32-8-3/h11-12,18,20-21H,6-10,13-17H2,1-5H3,(H2,26,27,28). The molecule has 0 bridgehead atoms. The molecule has 0 atom stereocenters. The zero-order valence-electron chi connectivity index (χ0n) is 20.6. The Morgan fingerprint density at radius 2 is 1.91 bits per heavy atom. The predicted octanol–water partition coefficient (Wildman–Crippen LogP) is 3.62. The van der Waals surface area contributed by atoms with Gasteiger partial charge in [-0.25, -0.2) is 0 Å². The monoisotopic (exact) mass is 446 g/mol. The van der Waals surface area contributed by atoms with Gasteiger partial charge in [0.25, 0.3) is 0 Å². The minimum atomic E-state index is 0.171. The number of benzene rings is 1. The molecule has 32 heavy (non-hydrogen) atoms. The van der Waals surface area contributed by atoms with Gasteiger partial charge in [0.1, 0.15) is 0 Å². The van der Waals surface area contributed by atoms with Gasteiger partial charge in [0.15, 0.2) is 17.5 Å². The van der Waals surface area contributed by atoms with Crippen LogP contribution in [0, 0.1) is 5.92 Å². The first-order valence-electron chi connectivity index (χ1n) is 12.1.